The van der Waals surface area contributed by atoms with Crippen LogP contribution in [0.2, 0.25) is 0 Å². The van der Waals surface area contributed by atoms with Crippen molar-refractivity contribution in [3.8, 4) is 0 Å². The van der Waals surface area contributed by atoms with Crippen molar-refractivity contribution >= 4 is 6.21 Å². The van der Waals surface area contributed by atoms with Gasteiger partial charge in [-0.25, -0.2) is 0 Å². The molecule has 1 aromatic heterocycles. The predicted molar refractivity (Wildman–Crippen MR) is 65.7 cm³/mol. The van der Waals surface area contributed by atoms with Gasteiger partial charge in [0.05, 0.1) is 6.21 Å². The lowest BCUT2D eigenvalue weighted by molar-refractivity contribution is 0.109. The summed E-state index contributed by atoms with van der Waals surface area (Å²) in [5.41, 5.74) is 0. The number of hydrazone groups is 1. The molecule has 1 saturated heterocycles. The third-order valence-electron chi connectivity index (χ3n) is 3.23. The van der Waals surface area contributed by atoms with Gasteiger partial charge in [0.2, 0.25) is 0 Å². The van der Waals surface area contributed by atoms with Crippen molar-refractivity contribution in [2.45, 2.75) is 52.1 Å². The Kier molecular flexibility index (Phi) is 3.32. The molecule has 0 radical (unpaired) electrons. The van der Waals surface area contributed by atoms with Crippen molar-refractivity contribution in [1.29, 1.82) is 0 Å². The van der Waals surface area contributed by atoms with E-state index in [0.717, 1.165) is 11.5 Å². The van der Waals surface area contributed by atoms with Gasteiger partial charge in [0.15, 0.2) is 0 Å². The average molecular weight is 220 g/mol. The van der Waals surface area contributed by atoms with E-state index in [4.69, 9.17) is 4.42 Å². The molecule has 2 atom stereocenters. The molecular weight excluding hydrogens is 200 g/mol. The number of piperidine rings is 1. The molecule has 0 aliphatic carbocycles. The van der Waals surface area contributed by atoms with Crippen LogP contribution in [0.4, 0.5) is 0 Å². The molecule has 0 bridgehead atoms. The molecule has 3 heteroatoms. The van der Waals surface area contributed by atoms with Crippen LogP contribution in [0.3, 0.4) is 0 Å². The molecule has 2 unspecified atom stereocenters. The summed E-state index contributed by atoms with van der Waals surface area (Å²) >= 11 is 0. The monoisotopic (exact) mass is 220 g/mol. The summed E-state index contributed by atoms with van der Waals surface area (Å²) in [6.07, 6.45) is 5.61. The maximum Gasteiger partial charge on any atom is 0.147 e. The maximum atomic E-state index is 5.47. The molecule has 2 rings (SSSR count). The smallest absolute Gasteiger partial charge is 0.147 e. The molecule has 16 heavy (non-hydrogen) atoms. The van der Waals surface area contributed by atoms with Gasteiger partial charge in [0.1, 0.15) is 11.5 Å². The molecule has 0 N–H and O–H groups in total. The Morgan fingerprint density at radius 3 is 2.56 bits per heavy atom. The van der Waals surface area contributed by atoms with Crippen LogP contribution >= 0.6 is 0 Å². The first kappa shape index (κ1) is 11.2. The Hall–Kier alpha value is -1.25. The third kappa shape index (κ3) is 2.46. The van der Waals surface area contributed by atoms with Crippen molar-refractivity contribution in [2.24, 2.45) is 5.10 Å². The fourth-order valence-electron chi connectivity index (χ4n) is 2.28. The van der Waals surface area contributed by atoms with Crippen molar-refractivity contribution in [1.82, 2.24) is 5.01 Å². The summed E-state index contributed by atoms with van der Waals surface area (Å²) in [4.78, 5) is 0. The van der Waals surface area contributed by atoms with Gasteiger partial charge >= 0.3 is 0 Å². The lowest BCUT2D eigenvalue weighted by Gasteiger charge is -2.36. The van der Waals surface area contributed by atoms with Gasteiger partial charge in [-0.05, 0) is 52.2 Å². The second-order valence-corrected chi connectivity index (χ2v) is 4.70. The summed E-state index contributed by atoms with van der Waals surface area (Å²) in [6, 6.07) is 5.00. The van der Waals surface area contributed by atoms with Crippen LogP contribution in [0.5, 0.6) is 0 Å². The molecule has 1 aromatic rings. The number of hydrogen-bond donors (Lipinski definition) is 0. The van der Waals surface area contributed by atoms with Crippen molar-refractivity contribution in [2.75, 3.05) is 0 Å². The zero-order valence-electron chi connectivity index (χ0n) is 10.3. The molecule has 1 aliphatic rings. The first-order valence-electron chi connectivity index (χ1n) is 6.05. The number of nitrogens with zero attached hydrogens (tertiary/aromatic N) is 2. The van der Waals surface area contributed by atoms with E-state index >= 15 is 0 Å². The molecule has 2 heterocycles. The Morgan fingerprint density at radius 1 is 1.31 bits per heavy atom. The van der Waals surface area contributed by atoms with Crippen LogP contribution in [0.15, 0.2) is 21.7 Å². The standard InChI is InChI=1S/C13H20N2O/c1-10-5-4-6-11(2)15(10)14-9-13-8-7-12(3)16-13/h7-11H,4-6H2,1-3H3. The highest BCUT2D eigenvalue weighted by Crippen LogP contribution is 2.22. The van der Waals surface area contributed by atoms with Crippen molar-refractivity contribution in [3.05, 3.63) is 23.7 Å². The Balaban J connectivity index is 2.04. The van der Waals surface area contributed by atoms with Crippen LogP contribution in [-0.2, 0) is 0 Å². The van der Waals surface area contributed by atoms with E-state index in [1.807, 2.05) is 25.3 Å². The van der Waals surface area contributed by atoms with E-state index in [-0.39, 0.29) is 0 Å². The van der Waals surface area contributed by atoms with Crippen molar-refractivity contribution in [3.63, 3.8) is 0 Å². The molecule has 0 aromatic carbocycles. The van der Waals surface area contributed by atoms with Gasteiger partial charge in [-0.3, -0.25) is 5.01 Å². The molecule has 3 nitrogen and oxygen atoms in total. The SMILES string of the molecule is Cc1ccc(C=NN2C(C)CCCC2C)o1. The highest BCUT2D eigenvalue weighted by molar-refractivity contribution is 5.75. The Labute approximate surface area is 97.1 Å². The first-order valence-corrected chi connectivity index (χ1v) is 6.05. The minimum atomic E-state index is 0.538. The molecular formula is C13H20N2O. The summed E-state index contributed by atoms with van der Waals surface area (Å²) in [7, 11) is 0. The normalized spacial score (nSPS) is 26.6. The molecule has 88 valence electrons. The lowest BCUT2D eigenvalue weighted by Crippen LogP contribution is -2.39. The van der Waals surface area contributed by atoms with Gasteiger partial charge < -0.3 is 4.42 Å². The fourth-order valence-corrected chi connectivity index (χ4v) is 2.28. The number of hydrogen-bond acceptors (Lipinski definition) is 3. The van der Waals surface area contributed by atoms with Gasteiger partial charge in [0, 0.05) is 12.1 Å². The van der Waals surface area contributed by atoms with Gasteiger partial charge in [-0.1, -0.05) is 0 Å². The minimum absolute atomic E-state index is 0.538. The highest BCUT2D eigenvalue weighted by Gasteiger charge is 2.22. The second-order valence-electron chi connectivity index (χ2n) is 4.70. The summed E-state index contributed by atoms with van der Waals surface area (Å²) in [5, 5.41) is 6.74. The van der Waals surface area contributed by atoms with Crippen LogP contribution in [-0.4, -0.2) is 23.3 Å². The fraction of sp³-hybridized carbons (Fsp3) is 0.615. The number of furan rings is 1. The molecule has 1 fully saturated rings. The third-order valence-corrected chi connectivity index (χ3v) is 3.23. The maximum absolute atomic E-state index is 5.47. The summed E-state index contributed by atoms with van der Waals surface area (Å²) in [6.45, 7) is 6.42. The topological polar surface area (TPSA) is 28.7 Å². The average Bonchev–Trinajstić information content (AvgIpc) is 2.63. The van der Waals surface area contributed by atoms with Gasteiger partial charge in [0.25, 0.3) is 0 Å². The van der Waals surface area contributed by atoms with E-state index in [9.17, 15) is 0 Å². The molecule has 0 saturated carbocycles. The molecule has 1 aliphatic heterocycles. The van der Waals surface area contributed by atoms with Crippen molar-refractivity contribution < 1.29 is 4.42 Å². The summed E-state index contributed by atoms with van der Waals surface area (Å²) < 4.78 is 5.47. The summed E-state index contributed by atoms with van der Waals surface area (Å²) in [5.74, 6) is 1.77. The van der Waals surface area contributed by atoms with E-state index < -0.39 is 0 Å². The van der Waals surface area contributed by atoms with Gasteiger partial charge in [-0.2, -0.15) is 5.10 Å². The minimum Gasteiger partial charge on any atom is -0.460 e. The van der Waals surface area contributed by atoms with E-state index in [1.165, 1.54) is 19.3 Å². The van der Waals surface area contributed by atoms with E-state index in [0.29, 0.717) is 12.1 Å². The van der Waals surface area contributed by atoms with Crippen LogP contribution in [0, 0.1) is 6.92 Å². The van der Waals surface area contributed by atoms with E-state index in [2.05, 4.69) is 24.0 Å². The lowest BCUT2D eigenvalue weighted by atomic mass is 10.00. The molecule has 0 spiro atoms. The van der Waals surface area contributed by atoms with E-state index in [1.54, 1.807) is 0 Å². The second kappa shape index (κ2) is 4.73. The number of aryl methyl sites for hydroxylation is 1. The number of rotatable bonds is 2. The Bertz CT molecular complexity index is 360. The van der Waals surface area contributed by atoms with Gasteiger partial charge in [-0.15, -0.1) is 0 Å². The first-order chi connectivity index (χ1) is 7.66. The van der Waals surface area contributed by atoms with Crippen LogP contribution < -0.4 is 0 Å². The largest absolute Gasteiger partial charge is 0.460 e. The van der Waals surface area contributed by atoms with Crippen LogP contribution in [0.25, 0.3) is 0 Å². The quantitative estimate of drug-likeness (QED) is 0.716. The zero-order chi connectivity index (χ0) is 11.5. The molecule has 0 amide bonds. The predicted octanol–water partition coefficient (Wildman–Crippen LogP) is 3.18. The zero-order valence-corrected chi connectivity index (χ0v) is 10.3. The highest BCUT2D eigenvalue weighted by atomic mass is 16.3. The Morgan fingerprint density at radius 2 is 2.00 bits per heavy atom. The van der Waals surface area contributed by atoms with Crippen LogP contribution in [0.1, 0.15) is 44.6 Å².